The van der Waals surface area contributed by atoms with Crippen LogP contribution in [-0.4, -0.2) is 61.5 Å². The number of piperazine rings is 1. The molecule has 0 radical (unpaired) electrons. The molecule has 1 atom stereocenters. The van der Waals surface area contributed by atoms with Crippen LogP contribution in [0.3, 0.4) is 0 Å². The summed E-state index contributed by atoms with van der Waals surface area (Å²) in [7, 11) is 0. The summed E-state index contributed by atoms with van der Waals surface area (Å²) < 4.78 is 39.6. The van der Waals surface area contributed by atoms with E-state index in [0.717, 1.165) is 0 Å². The Kier molecular flexibility index (Phi) is 6.76. The highest BCUT2D eigenvalue weighted by atomic mass is 32.1. The van der Waals surface area contributed by atoms with Crippen LogP contribution >= 0.6 is 11.3 Å². The second kappa shape index (κ2) is 8.59. The third kappa shape index (κ3) is 5.57. The van der Waals surface area contributed by atoms with Gasteiger partial charge in [-0.1, -0.05) is 6.07 Å². The van der Waals surface area contributed by atoms with E-state index >= 15 is 0 Å². The lowest BCUT2D eigenvalue weighted by atomic mass is 10.1. The lowest BCUT2D eigenvalue weighted by Crippen LogP contribution is -2.57. The summed E-state index contributed by atoms with van der Waals surface area (Å²) in [5, 5.41) is 7.08. The fraction of sp³-hybridized carbons (Fsp3) is 0.600. The molecule has 1 saturated heterocycles. The lowest BCUT2D eigenvalue weighted by Gasteiger charge is -2.35. The number of hydrogen-bond donors (Lipinski definition) is 2. The molecule has 0 saturated carbocycles. The second-order valence-corrected chi connectivity index (χ2v) is 6.50. The van der Waals surface area contributed by atoms with Gasteiger partial charge in [0.15, 0.2) is 5.78 Å². The van der Waals surface area contributed by atoms with Gasteiger partial charge in [-0.05, 0) is 11.4 Å². The minimum absolute atomic E-state index is 0.00331. The van der Waals surface area contributed by atoms with Crippen molar-refractivity contribution in [3.8, 4) is 0 Å². The first kappa shape index (κ1) is 18.9. The predicted octanol–water partition coefficient (Wildman–Crippen LogP) is 1.66. The Morgan fingerprint density at radius 3 is 2.58 bits per heavy atom. The largest absolute Gasteiger partial charge is 0.405 e. The van der Waals surface area contributed by atoms with E-state index in [1.54, 1.807) is 17.5 Å². The molecule has 1 fully saturated rings. The second-order valence-electron chi connectivity index (χ2n) is 5.55. The predicted molar refractivity (Wildman–Crippen MR) is 85.2 cm³/mol. The molecule has 0 bridgehead atoms. The lowest BCUT2D eigenvalue weighted by molar-refractivity contribution is -0.184. The van der Waals surface area contributed by atoms with E-state index < -0.39 is 24.7 Å². The molecule has 5 nitrogen and oxygen atoms in total. The molecule has 0 aromatic carbocycles. The van der Waals surface area contributed by atoms with Crippen LogP contribution in [0.5, 0.6) is 0 Å². The van der Waals surface area contributed by atoms with Gasteiger partial charge >= 0.3 is 6.18 Å². The van der Waals surface area contributed by atoms with Crippen LogP contribution in [0.25, 0.3) is 0 Å². The number of hydrogen-bond acceptors (Lipinski definition) is 5. The summed E-state index contributed by atoms with van der Waals surface area (Å²) in [5.41, 5.74) is 0. The van der Waals surface area contributed by atoms with Crippen LogP contribution in [0.15, 0.2) is 17.5 Å². The van der Waals surface area contributed by atoms with Crippen LogP contribution in [-0.2, 0) is 4.79 Å². The van der Waals surface area contributed by atoms with Gasteiger partial charge in [0.05, 0.1) is 4.88 Å². The van der Waals surface area contributed by atoms with Gasteiger partial charge in [-0.15, -0.1) is 11.3 Å². The van der Waals surface area contributed by atoms with Gasteiger partial charge in [-0.2, -0.15) is 13.2 Å². The monoisotopic (exact) mass is 363 g/mol. The molecule has 24 heavy (non-hydrogen) atoms. The van der Waals surface area contributed by atoms with E-state index in [0.29, 0.717) is 18.0 Å². The number of nitrogens with one attached hydrogen (secondary N) is 2. The number of carbonyl (C=O) groups is 2. The highest BCUT2D eigenvalue weighted by molar-refractivity contribution is 7.12. The first-order valence-corrected chi connectivity index (χ1v) is 8.61. The summed E-state index contributed by atoms with van der Waals surface area (Å²) >= 11 is 1.28. The third-order valence-electron chi connectivity index (χ3n) is 3.84. The molecule has 2 rings (SSSR count). The van der Waals surface area contributed by atoms with Crippen LogP contribution in [0, 0.1) is 0 Å². The molecule has 1 aromatic heterocycles. The Morgan fingerprint density at radius 2 is 2.00 bits per heavy atom. The summed E-state index contributed by atoms with van der Waals surface area (Å²) in [6.45, 7) is 1.08. The molecule has 134 valence electrons. The molecular formula is C15H20F3N3O2S. The summed E-state index contributed by atoms with van der Waals surface area (Å²) in [5.74, 6) is -0.709. The Hall–Kier alpha value is -1.45. The molecule has 2 heterocycles. The first-order valence-electron chi connectivity index (χ1n) is 7.73. The van der Waals surface area contributed by atoms with Crippen molar-refractivity contribution in [2.45, 2.75) is 25.1 Å². The molecule has 1 aliphatic rings. The molecule has 1 amide bonds. The van der Waals surface area contributed by atoms with Gasteiger partial charge in [0, 0.05) is 45.6 Å². The Labute approximate surface area is 142 Å². The maximum atomic E-state index is 13.2. The van der Waals surface area contributed by atoms with Gasteiger partial charge in [0.1, 0.15) is 6.04 Å². The molecule has 0 aliphatic carbocycles. The van der Waals surface area contributed by atoms with E-state index in [2.05, 4.69) is 10.6 Å². The fourth-order valence-corrected chi connectivity index (χ4v) is 3.23. The first-order chi connectivity index (χ1) is 11.4. The average Bonchev–Trinajstić information content (AvgIpc) is 3.07. The van der Waals surface area contributed by atoms with Gasteiger partial charge in [-0.25, -0.2) is 0 Å². The summed E-state index contributed by atoms with van der Waals surface area (Å²) in [4.78, 5) is 25.4. The standard InChI is InChI=1S/C15H20F3N3O2S/c16-15(17,18)13(21-7-5-19-6-8-21)10-20-14(23)4-3-11(22)12-2-1-9-24-12/h1-2,9,13,19H,3-8,10H2,(H,20,23). The maximum absolute atomic E-state index is 13.2. The van der Waals surface area contributed by atoms with Crippen molar-refractivity contribution in [3.05, 3.63) is 22.4 Å². The summed E-state index contributed by atoms with van der Waals surface area (Å²) in [6, 6.07) is 1.70. The Bertz CT molecular complexity index is 543. The van der Waals surface area contributed by atoms with Crippen molar-refractivity contribution in [1.82, 2.24) is 15.5 Å². The van der Waals surface area contributed by atoms with E-state index in [4.69, 9.17) is 0 Å². The minimum Gasteiger partial charge on any atom is -0.354 e. The van der Waals surface area contributed by atoms with Crippen molar-refractivity contribution in [3.63, 3.8) is 0 Å². The number of carbonyl (C=O) groups excluding carboxylic acids is 2. The highest BCUT2D eigenvalue weighted by Gasteiger charge is 2.43. The van der Waals surface area contributed by atoms with E-state index in [1.165, 1.54) is 16.2 Å². The van der Waals surface area contributed by atoms with Crippen LogP contribution in [0.4, 0.5) is 13.2 Å². The Morgan fingerprint density at radius 1 is 1.29 bits per heavy atom. The van der Waals surface area contributed by atoms with E-state index in [9.17, 15) is 22.8 Å². The number of thiophene rings is 1. The summed E-state index contributed by atoms with van der Waals surface area (Å²) in [6.07, 6.45) is -4.52. The molecule has 1 aromatic rings. The van der Waals surface area contributed by atoms with Gasteiger partial charge in [0.25, 0.3) is 0 Å². The number of ketones is 1. The SMILES string of the molecule is O=C(CCC(=O)c1cccs1)NCC(N1CCNCC1)C(F)(F)F. The minimum atomic E-state index is -4.41. The fourth-order valence-electron chi connectivity index (χ4n) is 2.53. The van der Waals surface area contributed by atoms with Gasteiger partial charge in [0.2, 0.25) is 5.91 Å². The van der Waals surface area contributed by atoms with E-state index in [-0.39, 0.29) is 31.7 Å². The molecule has 1 aliphatic heterocycles. The van der Waals surface area contributed by atoms with Crippen LogP contribution in [0.2, 0.25) is 0 Å². The zero-order chi connectivity index (χ0) is 17.6. The number of halogens is 3. The van der Waals surface area contributed by atoms with Crippen molar-refractivity contribution in [2.75, 3.05) is 32.7 Å². The number of nitrogens with zero attached hydrogens (tertiary/aromatic N) is 1. The Balaban J connectivity index is 1.80. The zero-order valence-corrected chi connectivity index (χ0v) is 13.9. The molecular weight excluding hydrogens is 343 g/mol. The molecule has 2 N–H and O–H groups in total. The number of amides is 1. The van der Waals surface area contributed by atoms with Crippen molar-refractivity contribution < 1.29 is 22.8 Å². The van der Waals surface area contributed by atoms with Crippen molar-refractivity contribution >= 4 is 23.0 Å². The van der Waals surface area contributed by atoms with Gasteiger partial charge in [-0.3, -0.25) is 14.5 Å². The highest BCUT2D eigenvalue weighted by Crippen LogP contribution is 2.24. The van der Waals surface area contributed by atoms with E-state index in [1.807, 2.05) is 0 Å². The number of rotatable bonds is 7. The zero-order valence-electron chi connectivity index (χ0n) is 13.1. The topological polar surface area (TPSA) is 61.4 Å². The number of alkyl halides is 3. The third-order valence-corrected chi connectivity index (χ3v) is 4.75. The quantitative estimate of drug-likeness (QED) is 0.724. The maximum Gasteiger partial charge on any atom is 0.405 e. The van der Waals surface area contributed by atoms with Gasteiger partial charge < -0.3 is 10.6 Å². The smallest absolute Gasteiger partial charge is 0.354 e. The van der Waals surface area contributed by atoms with Crippen LogP contribution < -0.4 is 10.6 Å². The number of Topliss-reactive ketones (excluding diaryl/α,β-unsaturated/α-hetero) is 1. The molecule has 9 heteroatoms. The van der Waals surface area contributed by atoms with Crippen LogP contribution in [0.1, 0.15) is 22.5 Å². The van der Waals surface area contributed by atoms with Crippen molar-refractivity contribution in [2.24, 2.45) is 0 Å². The molecule has 1 unspecified atom stereocenters. The van der Waals surface area contributed by atoms with Crippen molar-refractivity contribution in [1.29, 1.82) is 0 Å². The average molecular weight is 363 g/mol. The normalized spacial score (nSPS) is 17.5. The molecule has 0 spiro atoms.